The van der Waals surface area contributed by atoms with Gasteiger partial charge in [-0.15, -0.1) is 0 Å². The van der Waals surface area contributed by atoms with Crippen molar-refractivity contribution in [2.45, 2.75) is 26.0 Å². The minimum absolute atomic E-state index is 0.164. The van der Waals surface area contributed by atoms with E-state index in [2.05, 4.69) is 10.6 Å². The maximum atomic E-state index is 11.7. The number of amides is 3. The molecule has 116 valence electrons. The van der Waals surface area contributed by atoms with Crippen molar-refractivity contribution in [1.29, 1.82) is 0 Å². The second kappa shape index (κ2) is 7.24. The van der Waals surface area contributed by atoms with Gasteiger partial charge in [0.15, 0.2) is 0 Å². The van der Waals surface area contributed by atoms with Gasteiger partial charge in [0.05, 0.1) is 25.5 Å². The largest absolute Gasteiger partial charge is 0.467 e. The smallest absolute Gasteiger partial charge is 0.321 e. The summed E-state index contributed by atoms with van der Waals surface area (Å²) in [7, 11) is 0. The SMILES string of the molecule is CC(O)C1CCN(CC(=O)NC(=O)NCc2ccco2)C1. The summed E-state index contributed by atoms with van der Waals surface area (Å²) in [6.07, 6.45) is 2.02. The Bertz CT molecular complexity index is 473. The molecule has 0 bridgehead atoms. The van der Waals surface area contributed by atoms with Crippen molar-refractivity contribution in [3.8, 4) is 0 Å². The lowest BCUT2D eigenvalue weighted by molar-refractivity contribution is -0.121. The van der Waals surface area contributed by atoms with Gasteiger partial charge in [-0.1, -0.05) is 0 Å². The van der Waals surface area contributed by atoms with Crippen LogP contribution in [0.4, 0.5) is 4.79 Å². The molecule has 1 aliphatic heterocycles. The predicted molar refractivity (Wildman–Crippen MR) is 75.3 cm³/mol. The molecule has 1 fully saturated rings. The normalized spacial score (nSPS) is 20.2. The number of rotatable bonds is 5. The van der Waals surface area contributed by atoms with Crippen molar-refractivity contribution in [3.05, 3.63) is 24.2 Å². The first-order valence-electron chi connectivity index (χ1n) is 7.05. The number of hydrogen-bond donors (Lipinski definition) is 3. The monoisotopic (exact) mass is 295 g/mol. The van der Waals surface area contributed by atoms with Gasteiger partial charge in [0, 0.05) is 6.54 Å². The minimum atomic E-state index is -0.539. The Hall–Kier alpha value is -1.86. The van der Waals surface area contributed by atoms with Crippen LogP contribution in [0.3, 0.4) is 0 Å². The molecule has 2 unspecified atom stereocenters. The van der Waals surface area contributed by atoms with Crippen LogP contribution in [0.25, 0.3) is 0 Å². The molecule has 0 saturated carbocycles. The number of carbonyl (C=O) groups is 2. The lowest BCUT2D eigenvalue weighted by Crippen LogP contribution is -2.44. The van der Waals surface area contributed by atoms with Crippen LogP contribution in [-0.4, -0.2) is 47.7 Å². The third-order valence-corrected chi connectivity index (χ3v) is 3.61. The first kappa shape index (κ1) is 15.5. The van der Waals surface area contributed by atoms with E-state index in [-0.39, 0.29) is 31.0 Å². The second-order valence-corrected chi connectivity index (χ2v) is 5.33. The summed E-state index contributed by atoms with van der Waals surface area (Å²) in [5, 5.41) is 14.3. The zero-order valence-corrected chi connectivity index (χ0v) is 12.0. The Labute approximate surface area is 123 Å². The van der Waals surface area contributed by atoms with Crippen molar-refractivity contribution in [2.75, 3.05) is 19.6 Å². The average Bonchev–Trinajstić information content (AvgIpc) is 3.06. The maximum absolute atomic E-state index is 11.7. The Morgan fingerprint density at radius 3 is 3.00 bits per heavy atom. The number of aliphatic hydroxyl groups is 1. The van der Waals surface area contributed by atoms with E-state index < -0.39 is 6.03 Å². The van der Waals surface area contributed by atoms with Gasteiger partial charge in [-0.3, -0.25) is 15.0 Å². The minimum Gasteiger partial charge on any atom is -0.467 e. The molecule has 1 saturated heterocycles. The Balaban J connectivity index is 1.66. The lowest BCUT2D eigenvalue weighted by Gasteiger charge is -2.16. The third kappa shape index (κ3) is 4.87. The van der Waals surface area contributed by atoms with Gasteiger partial charge in [-0.2, -0.15) is 0 Å². The molecule has 0 radical (unpaired) electrons. The van der Waals surface area contributed by atoms with E-state index in [9.17, 15) is 14.7 Å². The quantitative estimate of drug-likeness (QED) is 0.726. The van der Waals surface area contributed by atoms with Crippen molar-refractivity contribution in [3.63, 3.8) is 0 Å². The van der Waals surface area contributed by atoms with E-state index >= 15 is 0 Å². The van der Waals surface area contributed by atoms with Crippen LogP contribution in [0.15, 0.2) is 22.8 Å². The second-order valence-electron chi connectivity index (χ2n) is 5.33. The van der Waals surface area contributed by atoms with Crippen LogP contribution in [0.2, 0.25) is 0 Å². The van der Waals surface area contributed by atoms with Crippen molar-refractivity contribution < 1.29 is 19.1 Å². The van der Waals surface area contributed by atoms with Crippen LogP contribution in [-0.2, 0) is 11.3 Å². The molecule has 0 aromatic carbocycles. The molecule has 1 aromatic rings. The fourth-order valence-electron chi connectivity index (χ4n) is 2.39. The molecule has 1 aromatic heterocycles. The molecular weight excluding hydrogens is 274 g/mol. The first-order chi connectivity index (χ1) is 10.0. The summed E-state index contributed by atoms with van der Waals surface area (Å²) in [5.74, 6) is 0.473. The van der Waals surface area contributed by atoms with Gasteiger partial charge in [-0.05, 0) is 37.9 Å². The average molecular weight is 295 g/mol. The van der Waals surface area contributed by atoms with Gasteiger partial charge in [0.1, 0.15) is 5.76 Å². The molecule has 2 rings (SSSR count). The topological polar surface area (TPSA) is 94.8 Å². The zero-order valence-electron chi connectivity index (χ0n) is 12.0. The number of aliphatic hydroxyl groups excluding tert-OH is 1. The van der Waals surface area contributed by atoms with Crippen molar-refractivity contribution in [2.24, 2.45) is 5.92 Å². The Kier molecular flexibility index (Phi) is 5.35. The molecule has 0 spiro atoms. The van der Waals surface area contributed by atoms with Crippen LogP contribution in [0.5, 0.6) is 0 Å². The molecule has 7 nitrogen and oxygen atoms in total. The number of imide groups is 1. The number of nitrogens with zero attached hydrogens (tertiary/aromatic N) is 1. The van der Waals surface area contributed by atoms with Gasteiger partial charge in [0.2, 0.25) is 5.91 Å². The molecule has 21 heavy (non-hydrogen) atoms. The Morgan fingerprint density at radius 2 is 2.38 bits per heavy atom. The predicted octanol–water partition coefficient (Wildman–Crippen LogP) is 0.308. The zero-order chi connectivity index (χ0) is 15.2. The van der Waals surface area contributed by atoms with Crippen molar-refractivity contribution in [1.82, 2.24) is 15.5 Å². The molecular formula is C14H21N3O4. The molecule has 7 heteroatoms. The molecule has 3 amide bonds. The molecule has 1 aliphatic rings. The van der Waals surface area contributed by atoms with Gasteiger partial charge in [-0.25, -0.2) is 4.79 Å². The van der Waals surface area contributed by atoms with E-state index in [1.807, 2.05) is 4.90 Å². The summed E-state index contributed by atoms with van der Waals surface area (Å²) in [6, 6.07) is 2.93. The molecule has 3 N–H and O–H groups in total. The highest BCUT2D eigenvalue weighted by atomic mass is 16.3. The summed E-state index contributed by atoms with van der Waals surface area (Å²) >= 11 is 0. The molecule has 0 aliphatic carbocycles. The van der Waals surface area contributed by atoms with Crippen LogP contribution in [0.1, 0.15) is 19.1 Å². The van der Waals surface area contributed by atoms with E-state index in [1.54, 1.807) is 19.1 Å². The van der Waals surface area contributed by atoms with E-state index in [0.717, 1.165) is 13.0 Å². The number of nitrogens with one attached hydrogen (secondary N) is 2. The molecule has 2 atom stereocenters. The van der Waals surface area contributed by atoms with Gasteiger partial charge < -0.3 is 14.8 Å². The van der Waals surface area contributed by atoms with E-state index in [0.29, 0.717) is 12.3 Å². The van der Waals surface area contributed by atoms with E-state index in [4.69, 9.17) is 4.42 Å². The number of urea groups is 1. The highest BCUT2D eigenvalue weighted by Gasteiger charge is 2.27. The fraction of sp³-hybridized carbons (Fsp3) is 0.571. The maximum Gasteiger partial charge on any atom is 0.321 e. The third-order valence-electron chi connectivity index (χ3n) is 3.61. The summed E-state index contributed by atoms with van der Waals surface area (Å²) in [6.45, 7) is 3.60. The highest BCUT2D eigenvalue weighted by molar-refractivity contribution is 5.95. The fourth-order valence-corrected chi connectivity index (χ4v) is 2.39. The summed E-state index contributed by atoms with van der Waals surface area (Å²) in [4.78, 5) is 25.2. The molecule has 2 heterocycles. The highest BCUT2D eigenvalue weighted by Crippen LogP contribution is 2.18. The lowest BCUT2D eigenvalue weighted by atomic mass is 10.0. The number of likely N-dealkylation sites (tertiary alicyclic amines) is 1. The van der Waals surface area contributed by atoms with Gasteiger partial charge >= 0.3 is 6.03 Å². The first-order valence-corrected chi connectivity index (χ1v) is 7.05. The Morgan fingerprint density at radius 1 is 1.57 bits per heavy atom. The standard InChI is InChI=1S/C14H21N3O4/c1-10(18)11-4-5-17(8-11)9-13(19)16-14(20)15-7-12-3-2-6-21-12/h2-3,6,10-11,18H,4-5,7-9H2,1H3,(H2,15,16,19,20). The van der Waals surface area contributed by atoms with Crippen molar-refractivity contribution >= 4 is 11.9 Å². The van der Waals surface area contributed by atoms with Crippen LogP contribution < -0.4 is 10.6 Å². The number of hydrogen-bond acceptors (Lipinski definition) is 5. The number of furan rings is 1. The summed E-state index contributed by atoms with van der Waals surface area (Å²) in [5.41, 5.74) is 0. The van der Waals surface area contributed by atoms with Crippen LogP contribution >= 0.6 is 0 Å². The van der Waals surface area contributed by atoms with E-state index in [1.165, 1.54) is 6.26 Å². The van der Waals surface area contributed by atoms with Gasteiger partial charge in [0.25, 0.3) is 0 Å². The number of carbonyl (C=O) groups excluding carboxylic acids is 2. The summed E-state index contributed by atoms with van der Waals surface area (Å²) < 4.78 is 5.07. The van der Waals surface area contributed by atoms with Crippen LogP contribution in [0, 0.1) is 5.92 Å².